The monoisotopic (exact) mass is 312 g/mol. The Morgan fingerprint density at radius 2 is 2.15 bits per heavy atom. The Bertz CT molecular complexity index is 317. The summed E-state index contributed by atoms with van der Waals surface area (Å²) < 4.78 is 6.08. The predicted octanol–water partition coefficient (Wildman–Crippen LogP) is 2.62. The molecule has 0 saturated carbocycles. The quantitative estimate of drug-likeness (QED) is 0.622. The number of methoxy groups -OCH3 is 1. The van der Waals surface area contributed by atoms with Crippen molar-refractivity contribution in [2.24, 2.45) is 0 Å². The van der Waals surface area contributed by atoms with E-state index in [-0.39, 0.29) is 0 Å². The molecule has 1 aromatic heterocycles. The molecule has 0 bridgehead atoms. The van der Waals surface area contributed by atoms with Crippen molar-refractivity contribution in [3.8, 4) is 0 Å². The van der Waals surface area contributed by atoms with Crippen molar-refractivity contribution in [3.63, 3.8) is 0 Å². The molecule has 72 valence electrons. The van der Waals surface area contributed by atoms with Crippen LogP contribution in [0.3, 0.4) is 0 Å². The highest BCUT2D eigenvalue weighted by Crippen LogP contribution is 2.23. The van der Waals surface area contributed by atoms with Crippen LogP contribution in [0.15, 0.2) is 6.20 Å². The summed E-state index contributed by atoms with van der Waals surface area (Å²) in [5, 5.41) is 0.468. The highest BCUT2D eigenvalue weighted by atomic mass is 127. The number of hydrogen-bond acceptors (Lipinski definition) is 3. The topological polar surface area (TPSA) is 35.0 Å². The van der Waals surface area contributed by atoms with Gasteiger partial charge < -0.3 is 4.74 Å². The Hall–Kier alpha value is 0.0600. The molecular weight excluding hydrogens is 302 g/mol. The van der Waals surface area contributed by atoms with Crippen molar-refractivity contribution < 1.29 is 4.74 Å². The van der Waals surface area contributed by atoms with Crippen molar-refractivity contribution in [2.45, 2.75) is 19.4 Å². The van der Waals surface area contributed by atoms with Gasteiger partial charge in [0.2, 0.25) is 0 Å². The molecule has 0 atom stereocenters. The lowest BCUT2D eigenvalue weighted by molar-refractivity contribution is 0.0114. The SMILES string of the molecule is COC(C)(C)c1ncc(I)c(Cl)n1. The number of rotatable bonds is 2. The van der Waals surface area contributed by atoms with Crippen LogP contribution < -0.4 is 0 Å². The molecule has 1 rings (SSSR count). The maximum atomic E-state index is 5.86. The van der Waals surface area contributed by atoms with Gasteiger partial charge in [0, 0.05) is 13.3 Å². The first-order valence-electron chi connectivity index (χ1n) is 3.71. The average Bonchev–Trinajstić information content (AvgIpc) is 2.09. The van der Waals surface area contributed by atoms with E-state index < -0.39 is 5.60 Å². The van der Waals surface area contributed by atoms with Gasteiger partial charge in [-0.1, -0.05) is 11.6 Å². The molecule has 0 spiro atoms. The lowest BCUT2D eigenvalue weighted by Crippen LogP contribution is -2.23. The highest BCUT2D eigenvalue weighted by Gasteiger charge is 2.23. The normalized spacial score (nSPS) is 11.8. The van der Waals surface area contributed by atoms with Gasteiger partial charge in [-0.15, -0.1) is 0 Å². The summed E-state index contributed by atoms with van der Waals surface area (Å²) in [5.41, 5.74) is -0.492. The van der Waals surface area contributed by atoms with Gasteiger partial charge in [-0.05, 0) is 36.4 Å². The molecule has 0 unspecified atom stereocenters. The molecule has 13 heavy (non-hydrogen) atoms. The van der Waals surface area contributed by atoms with Gasteiger partial charge in [0.05, 0.1) is 3.57 Å². The van der Waals surface area contributed by atoms with Crippen LogP contribution in [0.1, 0.15) is 19.7 Å². The first-order chi connectivity index (χ1) is 5.97. The summed E-state index contributed by atoms with van der Waals surface area (Å²) in [5.74, 6) is 0.598. The van der Waals surface area contributed by atoms with Gasteiger partial charge in [-0.3, -0.25) is 0 Å². The molecule has 0 N–H and O–H groups in total. The third-order valence-corrected chi connectivity index (χ3v) is 3.15. The first-order valence-corrected chi connectivity index (χ1v) is 5.16. The van der Waals surface area contributed by atoms with Crippen LogP contribution in [-0.4, -0.2) is 17.1 Å². The zero-order valence-corrected chi connectivity index (χ0v) is 10.5. The van der Waals surface area contributed by atoms with Crippen molar-refractivity contribution in [3.05, 3.63) is 20.7 Å². The number of nitrogens with zero attached hydrogens (tertiary/aromatic N) is 2. The van der Waals surface area contributed by atoms with Crippen LogP contribution in [0, 0.1) is 3.57 Å². The predicted molar refractivity (Wildman–Crippen MR) is 59.8 cm³/mol. The van der Waals surface area contributed by atoms with Crippen LogP contribution in [0.5, 0.6) is 0 Å². The zero-order chi connectivity index (χ0) is 10.1. The van der Waals surface area contributed by atoms with Crippen LogP contribution in [0.25, 0.3) is 0 Å². The summed E-state index contributed by atoms with van der Waals surface area (Å²) in [6, 6.07) is 0. The van der Waals surface area contributed by atoms with E-state index in [1.165, 1.54) is 0 Å². The molecule has 3 nitrogen and oxygen atoms in total. The molecule has 0 aliphatic rings. The molecule has 0 aliphatic carbocycles. The van der Waals surface area contributed by atoms with Crippen molar-refractivity contribution in [2.75, 3.05) is 7.11 Å². The summed E-state index contributed by atoms with van der Waals surface area (Å²) in [6.45, 7) is 3.79. The smallest absolute Gasteiger partial charge is 0.161 e. The Morgan fingerprint density at radius 3 is 2.62 bits per heavy atom. The van der Waals surface area contributed by atoms with Gasteiger partial charge in [0.15, 0.2) is 5.82 Å². The minimum Gasteiger partial charge on any atom is -0.371 e. The van der Waals surface area contributed by atoms with Gasteiger partial charge in [-0.25, -0.2) is 9.97 Å². The molecule has 5 heteroatoms. The maximum Gasteiger partial charge on any atom is 0.161 e. The standard InChI is InChI=1S/C8H10ClIN2O/c1-8(2,13-3)7-11-4-5(10)6(9)12-7/h4H,1-3H3. The Morgan fingerprint density at radius 1 is 1.54 bits per heavy atom. The van der Waals surface area contributed by atoms with Gasteiger partial charge in [0.25, 0.3) is 0 Å². The van der Waals surface area contributed by atoms with Crippen LogP contribution in [-0.2, 0) is 10.3 Å². The molecule has 0 aromatic carbocycles. The Balaban J connectivity index is 3.10. The van der Waals surface area contributed by atoms with E-state index >= 15 is 0 Å². The fourth-order valence-electron chi connectivity index (χ4n) is 0.728. The van der Waals surface area contributed by atoms with Crippen molar-refractivity contribution in [1.82, 2.24) is 9.97 Å². The van der Waals surface area contributed by atoms with E-state index in [2.05, 4.69) is 32.6 Å². The Kier molecular flexibility index (Phi) is 3.48. The first kappa shape index (κ1) is 11.1. The molecule has 1 heterocycles. The van der Waals surface area contributed by atoms with Gasteiger partial charge in [-0.2, -0.15) is 0 Å². The largest absolute Gasteiger partial charge is 0.371 e. The van der Waals surface area contributed by atoms with E-state index in [0.717, 1.165) is 3.57 Å². The van der Waals surface area contributed by atoms with E-state index in [4.69, 9.17) is 16.3 Å². The van der Waals surface area contributed by atoms with Crippen LogP contribution in [0.2, 0.25) is 5.15 Å². The lowest BCUT2D eigenvalue weighted by Gasteiger charge is -2.20. The third kappa shape index (κ3) is 2.51. The van der Waals surface area contributed by atoms with Crippen LogP contribution in [0.4, 0.5) is 0 Å². The van der Waals surface area contributed by atoms with E-state index in [1.54, 1.807) is 13.3 Å². The minimum atomic E-state index is -0.492. The second-order valence-corrected chi connectivity index (χ2v) is 4.57. The average molecular weight is 313 g/mol. The fourth-order valence-corrected chi connectivity index (χ4v) is 1.12. The molecular formula is C8H10ClIN2O. The molecule has 0 amide bonds. The van der Waals surface area contributed by atoms with Crippen molar-refractivity contribution in [1.29, 1.82) is 0 Å². The third-order valence-electron chi connectivity index (χ3n) is 1.75. The zero-order valence-electron chi connectivity index (χ0n) is 7.64. The summed E-state index contributed by atoms with van der Waals surface area (Å²) in [4.78, 5) is 8.29. The molecule has 0 fully saturated rings. The molecule has 0 radical (unpaired) electrons. The minimum absolute atomic E-state index is 0.468. The lowest BCUT2D eigenvalue weighted by atomic mass is 10.1. The maximum absolute atomic E-state index is 5.86. The summed E-state index contributed by atoms with van der Waals surface area (Å²) in [6.07, 6.45) is 1.69. The number of aromatic nitrogens is 2. The number of halogens is 2. The van der Waals surface area contributed by atoms with E-state index in [9.17, 15) is 0 Å². The van der Waals surface area contributed by atoms with Crippen molar-refractivity contribution >= 4 is 34.2 Å². The van der Waals surface area contributed by atoms with Crippen LogP contribution >= 0.6 is 34.2 Å². The van der Waals surface area contributed by atoms with E-state index in [0.29, 0.717) is 11.0 Å². The summed E-state index contributed by atoms with van der Waals surface area (Å²) in [7, 11) is 1.62. The number of hydrogen-bond donors (Lipinski definition) is 0. The summed E-state index contributed by atoms with van der Waals surface area (Å²) >= 11 is 7.95. The second kappa shape index (κ2) is 4.06. The number of ether oxygens (including phenoxy) is 1. The van der Waals surface area contributed by atoms with E-state index in [1.807, 2.05) is 13.8 Å². The Labute approximate surface area is 96.0 Å². The fraction of sp³-hybridized carbons (Fsp3) is 0.500. The molecule has 0 saturated heterocycles. The van der Waals surface area contributed by atoms with Gasteiger partial charge >= 0.3 is 0 Å². The molecule has 0 aliphatic heterocycles. The molecule has 1 aromatic rings. The highest BCUT2D eigenvalue weighted by molar-refractivity contribution is 14.1. The second-order valence-electron chi connectivity index (χ2n) is 3.05. The van der Waals surface area contributed by atoms with Gasteiger partial charge in [0.1, 0.15) is 10.8 Å².